The minimum Gasteiger partial charge on any atom is -0.486 e. The third-order valence-corrected chi connectivity index (χ3v) is 3.50. The van der Waals surface area contributed by atoms with Gasteiger partial charge in [-0.2, -0.15) is 0 Å². The molecule has 0 atom stereocenters. The van der Waals surface area contributed by atoms with E-state index in [9.17, 15) is 4.79 Å². The van der Waals surface area contributed by atoms with E-state index in [1.807, 2.05) is 32.9 Å². The number of hydrogen-bond donors (Lipinski definition) is 0. The van der Waals surface area contributed by atoms with Crippen molar-refractivity contribution in [3.8, 4) is 17.3 Å². The molecule has 0 N–H and O–H groups in total. The zero-order valence-corrected chi connectivity index (χ0v) is 12.2. The van der Waals surface area contributed by atoms with E-state index in [1.54, 1.807) is 12.1 Å². The number of hydrogen-bond acceptors (Lipinski definition) is 4. The Hall–Kier alpha value is -2.49. The second-order valence-corrected chi connectivity index (χ2v) is 4.93. The van der Waals surface area contributed by atoms with Crippen molar-refractivity contribution in [2.45, 2.75) is 20.8 Å². The Labute approximate surface area is 122 Å². The van der Waals surface area contributed by atoms with Crippen molar-refractivity contribution in [3.63, 3.8) is 0 Å². The van der Waals surface area contributed by atoms with Gasteiger partial charge in [-0.25, -0.2) is 0 Å². The largest absolute Gasteiger partial charge is 0.486 e. The molecule has 21 heavy (non-hydrogen) atoms. The SMILES string of the molecule is CCOc1c(-c2ccco2)oc2cc(C)c(C)cc2c1=O. The molecule has 0 spiro atoms. The lowest BCUT2D eigenvalue weighted by molar-refractivity contribution is 0.328. The quantitative estimate of drug-likeness (QED) is 0.727. The van der Waals surface area contributed by atoms with Crippen molar-refractivity contribution in [2.75, 3.05) is 6.61 Å². The molecule has 108 valence electrons. The van der Waals surface area contributed by atoms with Crippen molar-refractivity contribution in [3.05, 3.63) is 51.9 Å². The average Bonchev–Trinajstić information content (AvgIpc) is 2.98. The molecule has 3 aromatic rings. The van der Waals surface area contributed by atoms with Crippen LogP contribution in [-0.2, 0) is 0 Å². The van der Waals surface area contributed by atoms with Gasteiger partial charge in [0.05, 0.1) is 18.3 Å². The first-order valence-electron chi connectivity index (χ1n) is 6.86. The molecule has 0 fully saturated rings. The molecular formula is C17H16O4. The molecule has 4 heteroatoms. The Morgan fingerprint density at radius 1 is 1.19 bits per heavy atom. The first-order chi connectivity index (χ1) is 10.1. The molecule has 2 heterocycles. The smallest absolute Gasteiger partial charge is 0.235 e. The topological polar surface area (TPSA) is 52.6 Å². The summed E-state index contributed by atoms with van der Waals surface area (Å²) in [6, 6.07) is 7.20. The molecule has 0 aliphatic heterocycles. The predicted octanol–water partition coefficient (Wildman–Crippen LogP) is 4.07. The molecule has 4 nitrogen and oxygen atoms in total. The van der Waals surface area contributed by atoms with E-state index in [-0.39, 0.29) is 11.2 Å². The van der Waals surface area contributed by atoms with Gasteiger partial charge in [0.2, 0.25) is 16.9 Å². The maximum absolute atomic E-state index is 12.7. The van der Waals surface area contributed by atoms with Crippen LogP contribution < -0.4 is 10.2 Å². The molecule has 0 aliphatic carbocycles. The van der Waals surface area contributed by atoms with Gasteiger partial charge >= 0.3 is 0 Å². The summed E-state index contributed by atoms with van der Waals surface area (Å²) in [5.74, 6) is 1.02. The molecular weight excluding hydrogens is 268 g/mol. The maximum Gasteiger partial charge on any atom is 0.235 e. The standard InChI is InChI=1S/C17H16O4/c1-4-19-17-15(18)12-8-10(2)11(3)9-14(12)21-16(17)13-6-5-7-20-13/h5-9H,4H2,1-3H3. The molecule has 0 amide bonds. The third kappa shape index (κ3) is 2.23. The molecule has 1 aromatic carbocycles. The fourth-order valence-electron chi connectivity index (χ4n) is 2.28. The van der Waals surface area contributed by atoms with E-state index in [0.29, 0.717) is 29.1 Å². The first kappa shape index (κ1) is 13.5. The van der Waals surface area contributed by atoms with Gasteiger partial charge < -0.3 is 13.6 Å². The highest BCUT2D eigenvalue weighted by molar-refractivity contribution is 5.82. The Bertz CT molecular complexity index is 841. The number of fused-ring (bicyclic) bond motifs is 1. The van der Waals surface area contributed by atoms with Gasteiger partial charge in [0.1, 0.15) is 5.58 Å². The van der Waals surface area contributed by atoms with E-state index >= 15 is 0 Å². The minimum absolute atomic E-state index is 0.174. The number of aryl methyl sites for hydroxylation is 2. The Balaban J connectivity index is 2.39. The van der Waals surface area contributed by atoms with Crippen LogP contribution in [0.5, 0.6) is 5.75 Å². The fraction of sp³-hybridized carbons (Fsp3) is 0.235. The summed E-state index contributed by atoms with van der Waals surface area (Å²) >= 11 is 0. The van der Waals surface area contributed by atoms with Crippen LogP contribution in [0, 0.1) is 13.8 Å². The lowest BCUT2D eigenvalue weighted by atomic mass is 10.1. The van der Waals surface area contributed by atoms with Gasteiger partial charge in [0.15, 0.2) is 5.76 Å². The Morgan fingerprint density at radius 2 is 1.95 bits per heavy atom. The molecule has 3 rings (SSSR count). The second kappa shape index (κ2) is 5.13. The zero-order chi connectivity index (χ0) is 15.0. The van der Waals surface area contributed by atoms with Gasteiger partial charge in [-0.1, -0.05) is 0 Å². The van der Waals surface area contributed by atoms with Gasteiger partial charge in [-0.15, -0.1) is 0 Å². The number of ether oxygens (including phenoxy) is 1. The van der Waals surface area contributed by atoms with Crippen LogP contribution >= 0.6 is 0 Å². The number of rotatable bonds is 3. The summed E-state index contributed by atoms with van der Waals surface area (Å²) in [5, 5.41) is 0.525. The molecule has 0 saturated carbocycles. The lowest BCUT2D eigenvalue weighted by Crippen LogP contribution is -2.10. The van der Waals surface area contributed by atoms with Crippen LogP contribution in [0.3, 0.4) is 0 Å². The summed E-state index contributed by atoms with van der Waals surface area (Å²) in [6.07, 6.45) is 1.54. The predicted molar refractivity (Wildman–Crippen MR) is 80.8 cm³/mol. The highest BCUT2D eigenvalue weighted by Gasteiger charge is 2.19. The summed E-state index contributed by atoms with van der Waals surface area (Å²) in [4.78, 5) is 12.7. The zero-order valence-electron chi connectivity index (χ0n) is 12.2. The highest BCUT2D eigenvalue weighted by atomic mass is 16.5. The maximum atomic E-state index is 12.7. The van der Waals surface area contributed by atoms with E-state index in [2.05, 4.69) is 0 Å². The second-order valence-electron chi connectivity index (χ2n) is 4.93. The van der Waals surface area contributed by atoms with E-state index in [1.165, 1.54) is 6.26 Å². The molecule has 0 radical (unpaired) electrons. The summed E-state index contributed by atoms with van der Waals surface area (Å²) < 4.78 is 16.7. The van der Waals surface area contributed by atoms with Crippen molar-refractivity contribution < 1.29 is 13.6 Å². The van der Waals surface area contributed by atoms with Crippen LogP contribution in [0.2, 0.25) is 0 Å². The summed E-state index contributed by atoms with van der Waals surface area (Å²) in [5.41, 5.74) is 2.48. The minimum atomic E-state index is -0.174. The van der Waals surface area contributed by atoms with Crippen molar-refractivity contribution in [1.82, 2.24) is 0 Å². The molecule has 0 aliphatic rings. The highest BCUT2D eigenvalue weighted by Crippen LogP contribution is 2.31. The van der Waals surface area contributed by atoms with Crippen molar-refractivity contribution in [1.29, 1.82) is 0 Å². The van der Waals surface area contributed by atoms with Crippen LogP contribution in [-0.4, -0.2) is 6.61 Å². The van der Waals surface area contributed by atoms with Crippen molar-refractivity contribution >= 4 is 11.0 Å². The first-order valence-corrected chi connectivity index (χ1v) is 6.86. The monoisotopic (exact) mass is 284 g/mol. The van der Waals surface area contributed by atoms with Crippen LogP contribution in [0.25, 0.3) is 22.5 Å². The van der Waals surface area contributed by atoms with Crippen molar-refractivity contribution in [2.24, 2.45) is 0 Å². The van der Waals surface area contributed by atoms with Gasteiger partial charge in [-0.3, -0.25) is 4.79 Å². The number of benzene rings is 1. The van der Waals surface area contributed by atoms with Gasteiger partial charge in [0, 0.05) is 0 Å². The van der Waals surface area contributed by atoms with E-state index in [0.717, 1.165) is 11.1 Å². The average molecular weight is 284 g/mol. The Kier molecular flexibility index (Phi) is 3.29. The van der Waals surface area contributed by atoms with Crippen LogP contribution in [0.15, 0.2) is 44.2 Å². The lowest BCUT2D eigenvalue weighted by Gasteiger charge is -2.10. The van der Waals surface area contributed by atoms with Crippen LogP contribution in [0.4, 0.5) is 0 Å². The summed E-state index contributed by atoms with van der Waals surface area (Å²) in [7, 11) is 0. The van der Waals surface area contributed by atoms with E-state index in [4.69, 9.17) is 13.6 Å². The third-order valence-electron chi connectivity index (χ3n) is 3.50. The fourth-order valence-corrected chi connectivity index (χ4v) is 2.28. The van der Waals surface area contributed by atoms with Gasteiger partial charge in [-0.05, 0) is 56.2 Å². The Morgan fingerprint density at radius 3 is 2.62 bits per heavy atom. The van der Waals surface area contributed by atoms with Gasteiger partial charge in [0.25, 0.3) is 0 Å². The van der Waals surface area contributed by atoms with Crippen LogP contribution in [0.1, 0.15) is 18.1 Å². The van der Waals surface area contributed by atoms with E-state index < -0.39 is 0 Å². The molecule has 0 unspecified atom stereocenters. The molecule has 2 aromatic heterocycles. The molecule has 0 bridgehead atoms. The molecule has 0 saturated heterocycles. The number of furan rings is 1. The summed E-state index contributed by atoms with van der Waals surface area (Å²) in [6.45, 7) is 6.16. The normalized spacial score (nSPS) is 11.0.